The number of amides is 1. The van der Waals surface area contributed by atoms with Crippen molar-refractivity contribution in [3.8, 4) is 0 Å². The fourth-order valence-corrected chi connectivity index (χ4v) is 3.29. The molecule has 1 unspecified atom stereocenters. The monoisotopic (exact) mass is 443 g/mol. The zero-order valence-electron chi connectivity index (χ0n) is 18.8. The molecule has 1 fully saturated rings. The van der Waals surface area contributed by atoms with E-state index in [1.54, 1.807) is 12.4 Å². The molecule has 1 atom stereocenters. The number of benzene rings is 1. The first-order valence-corrected chi connectivity index (χ1v) is 12.1. The quantitative estimate of drug-likeness (QED) is 0.270. The maximum Gasteiger partial charge on any atom is 0.498 e. The van der Waals surface area contributed by atoms with Gasteiger partial charge in [-0.25, -0.2) is 9.97 Å². The van der Waals surface area contributed by atoms with E-state index in [0.29, 0.717) is 12.1 Å². The van der Waals surface area contributed by atoms with E-state index in [9.17, 15) is 4.79 Å². The molecule has 0 aliphatic carbocycles. The van der Waals surface area contributed by atoms with Gasteiger partial charge in [0.2, 0.25) is 5.82 Å². The standard InChI is InChI=1S/C22H30BN3O4S/c1-21(2)22(3,4)30-23(29-21)17-14-24-19(25-15-17)20(27)26(16-28-12-13-31(5)6)18-10-8-7-9-11-18/h7-11,14-15H,5,12-13,16H2,1-4,6H3. The number of hydrogen-bond acceptors (Lipinski definition) is 6. The lowest BCUT2D eigenvalue weighted by molar-refractivity contribution is 0.00578. The first-order chi connectivity index (χ1) is 14.6. The van der Waals surface area contributed by atoms with E-state index in [-0.39, 0.29) is 28.9 Å². The summed E-state index contributed by atoms with van der Waals surface area (Å²) in [5.74, 6) is 4.57. The molecule has 3 rings (SSSR count). The number of nitrogens with zero attached hydrogens (tertiary/aromatic N) is 3. The van der Waals surface area contributed by atoms with Crippen molar-refractivity contribution in [1.29, 1.82) is 0 Å². The molecule has 1 saturated heterocycles. The van der Waals surface area contributed by atoms with Crippen LogP contribution in [0.25, 0.3) is 0 Å². The Balaban J connectivity index is 1.74. The van der Waals surface area contributed by atoms with E-state index < -0.39 is 18.3 Å². The van der Waals surface area contributed by atoms with E-state index >= 15 is 0 Å². The van der Waals surface area contributed by atoms with Crippen LogP contribution in [0, 0.1) is 0 Å². The molecule has 0 N–H and O–H groups in total. The van der Waals surface area contributed by atoms with Gasteiger partial charge in [-0.15, -0.1) is 0 Å². The molecule has 1 amide bonds. The minimum atomic E-state index is -0.576. The average molecular weight is 443 g/mol. The zero-order chi connectivity index (χ0) is 22.6. The first-order valence-electron chi connectivity index (χ1n) is 10.2. The number of rotatable bonds is 8. The highest BCUT2D eigenvalue weighted by atomic mass is 32.2. The lowest BCUT2D eigenvalue weighted by Gasteiger charge is -2.32. The van der Waals surface area contributed by atoms with E-state index in [4.69, 9.17) is 14.0 Å². The van der Waals surface area contributed by atoms with Crippen LogP contribution in [-0.2, 0) is 14.0 Å². The molecule has 1 aromatic heterocycles. The highest BCUT2D eigenvalue weighted by molar-refractivity contribution is 8.13. The molecule has 0 saturated carbocycles. The maximum absolute atomic E-state index is 13.2. The lowest BCUT2D eigenvalue weighted by Crippen LogP contribution is -2.41. The van der Waals surface area contributed by atoms with E-state index in [0.717, 1.165) is 11.4 Å². The minimum absolute atomic E-state index is 0.0363. The van der Waals surface area contributed by atoms with Gasteiger partial charge in [-0.2, -0.15) is 10.5 Å². The predicted molar refractivity (Wildman–Crippen MR) is 127 cm³/mol. The molecule has 0 bridgehead atoms. The lowest BCUT2D eigenvalue weighted by atomic mass is 9.81. The predicted octanol–water partition coefficient (Wildman–Crippen LogP) is 2.73. The Bertz CT molecular complexity index is 906. The molecule has 7 nitrogen and oxygen atoms in total. The summed E-state index contributed by atoms with van der Waals surface area (Å²) in [6.45, 7) is 8.58. The van der Waals surface area contributed by atoms with Crippen LogP contribution in [0.5, 0.6) is 0 Å². The summed E-state index contributed by atoms with van der Waals surface area (Å²) >= 11 is 0. The highest BCUT2D eigenvalue weighted by Gasteiger charge is 2.52. The van der Waals surface area contributed by atoms with E-state index in [2.05, 4.69) is 22.1 Å². The number of anilines is 1. The molecule has 1 aliphatic heterocycles. The maximum atomic E-state index is 13.2. The summed E-state index contributed by atoms with van der Waals surface area (Å²) in [5.41, 5.74) is 0.471. The van der Waals surface area contributed by atoms with Crippen LogP contribution in [-0.4, -0.2) is 65.4 Å². The van der Waals surface area contributed by atoms with Gasteiger partial charge in [-0.1, -0.05) is 24.1 Å². The van der Waals surface area contributed by atoms with Gasteiger partial charge in [0.25, 0.3) is 5.91 Å². The molecular weight excluding hydrogens is 413 g/mol. The van der Waals surface area contributed by atoms with Crippen LogP contribution < -0.4 is 10.4 Å². The van der Waals surface area contributed by atoms with Crippen molar-refractivity contribution in [1.82, 2.24) is 9.97 Å². The number of para-hydroxylation sites is 1. The van der Waals surface area contributed by atoms with Crippen LogP contribution in [0.3, 0.4) is 0 Å². The van der Waals surface area contributed by atoms with Crippen molar-refractivity contribution in [2.24, 2.45) is 0 Å². The number of ether oxygens (including phenoxy) is 1. The Morgan fingerprint density at radius 1 is 1.13 bits per heavy atom. The molecule has 1 aromatic carbocycles. The summed E-state index contributed by atoms with van der Waals surface area (Å²) in [4.78, 5) is 23.3. The van der Waals surface area contributed by atoms with Gasteiger partial charge in [0.05, 0.1) is 17.8 Å². The average Bonchev–Trinajstić information content (AvgIpc) is 2.95. The normalized spacial score (nSPS) is 18.0. The second-order valence-electron chi connectivity index (χ2n) is 8.52. The number of hydrogen-bond donors (Lipinski definition) is 0. The van der Waals surface area contributed by atoms with Crippen molar-refractivity contribution < 1.29 is 18.8 Å². The van der Waals surface area contributed by atoms with Crippen molar-refractivity contribution in [3.05, 3.63) is 48.5 Å². The minimum Gasteiger partial charge on any atom is -0.399 e. The van der Waals surface area contributed by atoms with Crippen LogP contribution >= 0.6 is 10.5 Å². The smallest absolute Gasteiger partial charge is 0.399 e. The summed E-state index contributed by atoms with van der Waals surface area (Å²) in [6, 6.07) is 9.35. The number of aromatic nitrogens is 2. The molecule has 0 radical (unpaired) electrons. The van der Waals surface area contributed by atoms with Crippen molar-refractivity contribution in [2.45, 2.75) is 38.9 Å². The summed E-state index contributed by atoms with van der Waals surface area (Å²) in [5, 5.41) is 0. The third kappa shape index (κ3) is 5.60. The zero-order valence-corrected chi connectivity index (χ0v) is 19.6. The summed E-state index contributed by atoms with van der Waals surface area (Å²) in [6.07, 6.45) is 5.22. The molecule has 31 heavy (non-hydrogen) atoms. The SMILES string of the molecule is C=S(C)CCOCN(C(=O)c1ncc(B2OC(C)(C)C(C)(C)O2)cn1)c1ccccc1. The number of carbonyl (C=O) groups excluding carboxylic acids is 1. The highest BCUT2D eigenvalue weighted by Crippen LogP contribution is 2.36. The van der Waals surface area contributed by atoms with Gasteiger partial charge in [0.15, 0.2) is 0 Å². The first kappa shape index (κ1) is 23.6. The van der Waals surface area contributed by atoms with Crippen LogP contribution in [0.1, 0.15) is 38.3 Å². The third-order valence-electron chi connectivity index (χ3n) is 5.50. The number of carbonyl (C=O) groups is 1. The third-order valence-corrected chi connectivity index (χ3v) is 6.36. The van der Waals surface area contributed by atoms with Crippen molar-refractivity contribution in [2.75, 3.05) is 30.2 Å². The van der Waals surface area contributed by atoms with E-state index in [1.165, 1.54) is 4.90 Å². The molecule has 2 heterocycles. The van der Waals surface area contributed by atoms with Crippen molar-refractivity contribution >= 4 is 40.5 Å². The van der Waals surface area contributed by atoms with Gasteiger partial charge in [0.1, 0.15) is 6.73 Å². The second kappa shape index (κ2) is 9.60. The second-order valence-corrected chi connectivity index (χ2v) is 10.5. The van der Waals surface area contributed by atoms with E-state index in [1.807, 2.05) is 58.0 Å². The van der Waals surface area contributed by atoms with Crippen LogP contribution in [0.15, 0.2) is 42.7 Å². The molecular formula is C22H30BN3O4S. The van der Waals surface area contributed by atoms with Gasteiger partial charge in [-0.05, 0) is 46.1 Å². The Labute approximate surface area is 187 Å². The van der Waals surface area contributed by atoms with Gasteiger partial charge in [-0.3, -0.25) is 9.69 Å². The van der Waals surface area contributed by atoms with Crippen LogP contribution in [0.2, 0.25) is 0 Å². The summed E-state index contributed by atoms with van der Waals surface area (Å²) < 4.78 is 17.8. The van der Waals surface area contributed by atoms with Crippen molar-refractivity contribution in [3.63, 3.8) is 0 Å². The molecule has 9 heteroatoms. The largest absolute Gasteiger partial charge is 0.498 e. The van der Waals surface area contributed by atoms with Gasteiger partial charge < -0.3 is 14.0 Å². The van der Waals surface area contributed by atoms with Gasteiger partial charge >= 0.3 is 7.12 Å². The van der Waals surface area contributed by atoms with Crippen LogP contribution in [0.4, 0.5) is 5.69 Å². The Morgan fingerprint density at radius 3 is 2.26 bits per heavy atom. The van der Waals surface area contributed by atoms with Gasteiger partial charge in [0, 0.05) is 29.3 Å². The molecule has 2 aromatic rings. The Hall–Kier alpha value is -2.07. The molecule has 0 spiro atoms. The topological polar surface area (TPSA) is 73.8 Å². The fraction of sp³-hybridized carbons (Fsp3) is 0.455. The molecule has 1 aliphatic rings. The fourth-order valence-electron chi connectivity index (χ4n) is 2.89. The Kier molecular flexibility index (Phi) is 7.31. The molecule has 166 valence electrons. The Morgan fingerprint density at radius 2 is 1.71 bits per heavy atom. The summed E-state index contributed by atoms with van der Waals surface area (Å²) in [7, 11) is -0.539.